The van der Waals surface area contributed by atoms with Gasteiger partial charge in [0.25, 0.3) is 5.91 Å². The number of rotatable bonds is 7. The van der Waals surface area contributed by atoms with Crippen LogP contribution in [-0.4, -0.2) is 53.5 Å². The van der Waals surface area contributed by atoms with Crippen LogP contribution >= 0.6 is 0 Å². The maximum atomic E-state index is 11.4. The molecule has 21 heavy (non-hydrogen) atoms. The molecule has 112 valence electrons. The summed E-state index contributed by atoms with van der Waals surface area (Å²) in [5.41, 5.74) is 6.51. The summed E-state index contributed by atoms with van der Waals surface area (Å²) < 4.78 is 5.79. The van der Waals surface area contributed by atoms with Crippen molar-refractivity contribution < 1.29 is 9.53 Å². The van der Waals surface area contributed by atoms with Gasteiger partial charge in [-0.15, -0.1) is 0 Å². The smallest absolute Gasteiger partial charge is 0.271 e. The molecule has 0 atom stereocenters. The summed E-state index contributed by atoms with van der Waals surface area (Å²) in [5.74, 6) is 0.0359. The van der Waals surface area contributed by atoms with Crippen LogP contribution in [0.2, 0.25) is 0 Å². The molecular formula is C14H19N5O2. The topological polar surface area (TPSA) is 97.1 Å². The van der Waals surface area contributed by atoms with Crippen molar-refractivity contribution in [3.8, 4) is 17.0 Å². The molecule has 2 aromatic rings. The number of ether oxygens (including phenoxy) is 1. The molecule has 1 amide bonds. The van der Waals surface area contributed by atoms with Gasteiger partial charge in [-0.1, -0.05) is 12.1 Å². The summed E-state index contributed by atoms with van der Waals surface area (Å²) in [5, 5.41) is 10.2. The molecule has 1 aromatic heterocycles. The van der Waals surface area contributed by atoms with E-state index < -0.39 is 5.91 Å². The maximum Gasteiger partial charge on any atom is 0.271 e. The highest BCUT2D eigenvalue weighted by atomic mass is 16.5. The van der Waals surface area contributed by atoms with Crippen molar-refractivity contribution in [2.45, 2.75) is 6.42 Å². The Hall–Kier alpha value is -2.41. The van der Waals surface area contributed by atoms with Crippen molar-refractivity contribution in [3.05, 3.63) is 30.0 Å². The Kier molecular flexibility index (Phi) is 4.89. The minimum Gasteiger partial charge on any atom is -0.493 e. The van der Waals surface area contributed by atoms with Crippen LogP contribution in [0.25, 0.3) is 11.3 Å². The van der Waals surface area contributed by atoms with E-state index >= 15 is 0 Å². The number of aromatic amines is 1. The van der Waals surface area contributed by atoms with Gasteiger partial charge in [-0.05, 0) is 32.6 Å². The molecular weight excluding hydrogens is 270 g/mol. The SMILES string of the molecule is CN(C)CCCOc1ccccc1-c1n[nH]nc1C(N)=O. The number of aromatic nitrogens is 3. The average molecular weight is 289 g/mol. The Labute approximate surface area is 123 Å². The molecule has 0 unspecified atom stereocenters. The lowest BCUT2D eigenvalue weighted by Crippen LogP contribution is -2.16. The van der Waals surface area contributed by atoms with E-state index in [2.05, 4.69) is 20.3 Å². The first-order valence-corrected chi connectivity index (χ1v) is 6.67. The molecule has 0 fully saturated rings. The molecule has 0 aliphatic heterocycles. The van der Waals surface area contributed by atoms with Crippen molar-refractivity contribution in [1.29, 1.82) is 0 Å². The normalized spacial score (nSPS) is 10.8. The van der Waals surface area contributed by atoms with Crippen LogP contribution < -0.4 is 10.5 Å². The van der Waals surface area contributed by atoms with Crippen LogP contribution in [0, 0.1) is 0 Å². The second kappa shape index (κ2) is 6.85. The zero-order chi connectivity index (χ0) is 15.2. The van der Waals surface area contributed by atoms with Gasteiger partial charge in [0.1, 0.15) is 11.4 Å². The highest BCUT2D eigenvalue weighted by Crippen LogP contribution is 2.29. The largest absolute Gasteiger partial charge is 0.493 e. The number of primary amides is 1. The fraction of sp³-hybridized carbons (Fsp3) is 0.357. The highest BCUT2D eigenvalue weighted by molar-refractivity contribution is 5.97. The van der Waals surface area contributed by atoms with Gasteiger partial charge in [-0.2, -0.15) is 15.4 Å². The lowest BCUT2D eigenvalue weighted by molar-refractivity contribution is 0.0996. The maximum absolute atomic E-state index is 11.4. The predicted octanol–water partition coefficient (Wildman–Crippen LogP) is 0.901. The van der Waals surface area contributed by atoms with E-state index in [0.717, 1.165) is 13.0 Å². The number of carbonyl (C=O) groups is 1. The van der Waals surface area contributed by atoms with Crippen LogP contribution in [0.3, 0.4) is 0 Å². The predicted molar refractivity (Wildman–Crippen MR) is 79.0 cm³/mol. The van der Waals surface area contributed by atoms with Crippen LogP contribution in [-0.2, 0) is 0 Å². The zero-order valence-corrected chi connectivity index (χ0v) is 12.2. The van der Waals surface area contributed by atoms with Gasteiger partial charge in [0.05, 0.1) is 6.61 Å². The Morgan fingerprint density at radius 1 is 1.33 bits per heavy atom. The number of hydrogen-bond donors (Lipinski definition) is 2. The number of para-hydroxylation sites is 1. The average Bonchev–Trinajstić information content (AvgIpc) is 2.93. The van der Waals surface area contributed by atoms with Gasteiger partial charge in [0.15, 0.2) is 5.69 Å². The summed E-state index contributed by atoms with van der Waals surface area (Å²) in [7, 11) is 4.03. The number of nitrogens with one attached hydrogen (secondary N) is 1. The molecule has 0 aliphatic rings. The van der Waals surface area contributed by atoms with E-state index in [-0.39, 0.29) is 5.69 Å². The summed E-state index contributed by atoms with van der Waals surface area (Å²) in [6.07, 6.45) is 0.906. The van der Waals surface area contributed by atoms with Gasteiger partial charge in [0.2, 0.25) is 0 Å². The van der Waals surface area contributed by atoms with Gasteiger partial charge in [0, 0.05) is 12.1 Å². The van der Waals surface area contributed by atoms with E-state index in [9.17, 15) is 4.79 Å². The van der Waals surface area contributed by atoms with Crippen LogP contribution in [0.4, 0.5) is 0 Å². The van der Waals surface area contributed by atoms with Crippen LogP contribution in [0.1, 0.15) is 16.9 Å². The van der Waals surface area contributed by atoms with Gasteiger partial charge in [-0.3, -0.25) is 4.79 Å². The lowest BCUT2D eigenvalue weighted by Gasteiger charge is -2.12. The third-order valence-electron chi connectivity index (χ3n) is 2.93. The molecule has 0 bridgehead atoms. The van der Waals surface area contributed by atoms with E-state index in [0.29, 0.717) is 23.6 Å². The minimum absolute atomic E-state index is 0.111. The van der Waals surface area contributed by atoms with Gasteiger partial charge < -0.3 is 15.4 Å². The minimum atomic E-state index is -0.624. The molecule has 2 rings (SSSR count). The van der Waals surface area contributed by atoms with Crippen molar-refractivity contribution in [3.63, 3.8) is 0 Å². The first kappa shape index (κ1) is 15.0. The third kappa shape index (κ3) is 3.79. The lowest BCUT2D eigenvalue weighted by atomic mass is 10.1. The van der Waals surface area contributed by atoms with E-state index in [1.54, 1.807) is 0 Å². The molecule has 0 saturated carbocycles. The fourth-order valence-electron chi connectivity index (χ4n) is 1.94. The Balaban J connectivity index is 2.17. The number of benzene rings is 1. The van der Waals surface area contributed by atoms with E-state index in [1.165, 1.54) is 0 Å². The Bertz CT molecular complexity index is 609. The second-order valence-corrected chi connectivity index (χ2v) is 4.89. The first-order chi connectivity index (χ1) is 10.1. The van der Waals surface area contributed by atoms with Crippen LogP contribution in [0.5, 0.6) is 5.75 Å². The Morgan fingerprint density at radius 2 is 2.10 bits per heavy atom. The number of nitrogens with zero attached hydrogens (tertiary/aromatic N) is 3. The van der Waals surface area contributed by atoms with Crippen molar-refractivity contribution in [2.24, 2.45) is 5.73 Å². The molecule has 0 spiro atoms. The van der Waals surface area contributed by atoms with Crippen LogP contribution in [0.15, 0.2) is 24.3 Å². The number of H-pyrrole nitrogens is 1. The summed E-state index contributed by atoms with van der Waals surface area (Å²) in [4.78, 5) is 13.5. The molecule has 7 nitrogen and oxygen atoms in total. The molecule has 0 radical (unpaired) electrons. The summed E-state index contributed by atoms with van der Waals surface area (Å²) in [6, 6.07) is 7.38. The molecule has 7 heteroatoms. The quantitative estimate of drug-likeness (QED) is 0.738. The molecule has 3 N–H and O–H groups in total. The standard InChI is InChI=1S/C14H19N5O2/c1-19(2)8-5-9-21-11-7-4-3-6-10(11)12-13(14(15)20)17-18-16-12/h3-4,6-7H,5,8-9H2,1-2H3,(H2,15,20)(H,16,17,18). The van der Waals surface area contributed by atoms with Gasteiger partial charge in [-0.25, -0.2) is 0 Å². The second-order valence-electron chi connectivity index (χ2n) is 4.89. The van der Waals surface area contributed by atoms with E-state index in [1.807, 2.05) is 38.4 Å². The van der Waals surface area contributed by atoms with Crippen molar-refractivity contribution >= 4 is 5.91 Å². The Morgan fingerprint density at radius 3 is 2.81 bits per heavy atom. The molecule has 0 saturated heterocycles. The third-order valence-corrected chi connectivity index (χ3v) is 2.93. The van der Waals surface area contributed by atoms with E-state index in [4.69, 9.17) is 10.5 Å². The fourth-order valence-corrected chi connectivity index (χ4v) is 1.94. The van der Waals surface area contributed by atoms with Crippen molar-refractivity contribution in [2.75, 3.05) is 27.2 Å². The molecule has 0 aliphatic carbocycles. The zero-order valence-electron chi connectivity index (χ0n) is 12.2. The summed E-state index contributed by atoms with van der Waals surface area (Å²) >= 11 is 0. The van der Waals surface area contributed by atoms with Gasteiger partial charge >= 0.3 is 0 Å². The first-order valence-electron chi connectivity index (χ1n) is 6.67. The molecule has 1 heterocycles. The number of carbonyl (C=O) groups excluding carboxylic acids is 1. The number of hydrogen-bond acceptors (Lipinski definition) is 5. The summed E-state index contributed by atoms with van der Waals surface area (Å²) in [6.45, 7) is 1.53. The molecule has 1 aromatic carbocycles. The highest BCUT2D eigenvalue weighted by Gasteiger charge is 2.18. The van der Waals surface area contributed by atoms with Crippen molar-refractivity contribution in [1.82, 2.24) is 20.3 Å². The number of nitrogens with two attached hydrogens (primary N) is 1. The number of amides is 1. The monoisotopic (exact) mass is 289 g/mol.